The Balaban J connectivity index is 2.63. The first-order valence-electron chi connectivity index (χ1n) is 6.01. The summed E-state index contributed by atoms with van der Waals surface area (Å²) in [5, 5.41) is 0. The van der Waals surface area contributed by atoms with Crippen LogP contribution in [-0.4, -0.2) is 32.7 Å². The number of alkyl halides is 3. The Morgan fingerprint density at radius 2 is 2.00 bits per heavy atom. The summed E-state index contributed by atoms with van der Waals surface area (Å²) in [7, 11) is 1.53. The van der Waals surface area contributed by atoms with Crippen molar-refractivity contribution in [2.75, 3.05) is 20.5 Å². The topological polar surface area (TPSA) is 53.7 Å². The van der Waals surface area contributed by atoms with E-state index in [2.05, 4.69) is 4.74 Å². The molecule has 0 aromatic heterocycles. The van der Waals surface area contributed by atoms with Crippen LogP contribution in [0.2, 0.25) is 0 Å². The summed E-state index contributed by atoms with van der Waals surface area (Å²) in [5.41, 5.74) is 6.48. The van der Waals surface area contributed by atoms with E-state index in [1.165, 1.54) is 7.11 Å². The summed E-state index contributed by atoms with van der Waals surface area (Å²) in [6, 6.07) is 4.90. The standard InChI is InChI=1S/C13H18F3NO3/c1-9(17)5-10-6-11(18-2)3-4-12(10)20-8-19-7-13(14,15)16/h3-4,6,9H,5,7-8,17H2,1-2H3. The molecule has 4 nitrogen and oxygen atoms in total. The molecule has 0 saturated heterocycles. The van der Waals surface area contributed by atoms with Crippen LogP contribution in [0.3, 0.4) is 0 Å². The number of methoxy groups -OCH3 is 1. The predicted octanol–water partition coefficient (Wildman–Crippen LogP) is 2.50. The Bertz CT molecular complexity index is 422. The molecule has 0 heterocycles. The van der Waals surface area contributed by atoms with Crippen LogP contribution in [0.15, 0.2) is 18.2 Å². The second-order valence-electron chi connectivity index (χ2n) is 4.38. The van der Waals surface area contributed by atoms with Crippen molar-refractivity contribution < 1.29 is 27.4 Å². The molecule has 0 aliphatic heterocycles. The van der Waals surface area contributed by atoms with Crippen molar-refractivity contribution in [1.29, 1.82) is 0 Å². The first kappa shape index (κ1) is 16.6. The van der Waals surface area contributed by atoms with Crippen molar-refractivity contribution in [3.05, 3.63) is 23.8 Å². The number of benzene rings is 1. The van der Waals surface area contributed by atoms with Gasteiger partial charge in [0.15, 0.2) is 6.79 Å². The molecule has 1 unspecified atom stereocenters. The van der Waals surface area contributed by atoms with E-state index < -0.39 is 19.6 Å². The van der Waals surface area contributed by atoms with E-state index in [0.717, 1.165) is 5.56 Å². The number of halogens is 3. The lowest BCUT2D eigenvalue weighted by Crippen LogP contribution is -2.20. The van der Waals surface area contributed by atoms with Crippen molar-refractivity contribution in [1.82, 2.24) is 0 Å². The van der Waals surface area contributed by atoms with E-state index in [1.807, 2.05) is 6.92 Å². The summed E-state index contributed by atoms with van der Waals surface area (Å²) in [6.45, 7) is 0.00692. The Kier molecular flexibility index (Phi) is 6.09. The van der Waals surface area contributed by atoms with Crippen LogP contribution in [-0.2, 0) is 11.2 Å². The SMILES string of the molecule is COc1ccc(OCOCC(F)(F)F)c(CC(C)N)c1. The van der Waals surface area contributed by atoms with Crippen LogP contribution >= 0.6 is 0 Å². The van der Waals surface area contributed by atoms with Gasteiger partial charge in [0.2, 0.25) is 0 Å². The van der Waals surface area contributed by atoms with Gasteiger partial charge in [0.25, 0.3) is 0 Å². The first-order chi connectivity index (χ1) is 9.31. The molecule has 0 bridgehead atoms. The smallest absolute Gasteiger partial charge is 0.411 e. The molecule has 7 heteroatoms. The molecule has 1 aromatic carbocycles. The van der Waals surface area contributed by atoms with Crippen molar-refractivity contribution in [2.24, 2.45) is 5.73 Å². The predicted molar refractivity (Wildman–Crippen MR) is 67.8 cm³/mol. The molecule has 0 aliphatic carbocycles. The largest absolute Gasteiger partial charge is 0.497 e. The van der Waals surface area contributed by atoms with Crippen molar-refractivity contribution in [3.63, 3.8) is 0 Å². The van der Waals surface area contributed by atoms with E-state index in [-0.39, 0.29) is 6.04 Å². The molecular weight excluding hydrogens is 275 g/mol. The minimum Gasteiger partial charge on any atom is -0.497 e. The maximum atomic E-state index is 11.9. The molecule has 0 amide bonds. The monoisotopic (exact) mass is 293 g/mol. The van der Waals surface area contributed by atoms with Gasteiger partial charge in [-0.05, 0) is 37.1 Å². The van der Waals surface area contributed by atoms with Crippen molar-refractivity contribution >= 4 is 0 Å². The number of rotatable bonds is 7. The van der Waals surface area contributed by atoms with Gasteiger partial charge in [0.1, 0.15) is 18.1 Å². The summed E-state index contributed by atoms with van der Waals surface area (Å²) in [5.74, 6) is 1.06. The highest BCUT2D eigenvalue weighted by molar-refractivity contribution is 5.40. The first-order valence-corrected chi connectivity index (χ1v) is 6.01. The summed E-state index contributed by atoms with van der Waals surface area (Å²) in [4.78, 5) is 0. The Morgan fingerprint density at radius 3 is 2.55 bits per heavy atom. The van der Waals surface area contributed by atoms with Gasteiger partial charge in [-0.3, -0.25) is 0 Å². The molecule has 1 atom stereocenters. The summed E-state index contributed by atoms with van der Waals surface area (Å²) < 4.78 is 50.4. The van der Waals surface area contributed by atoms with Gasteiger partial charge < -0.3 is 19.9 Å². The highest BCUT2D eigenvalue weighted by Crippen LogP contribution is 2.25. The van der Waals surface area contributed by atoms with Gasteiger partial charge in [0.05, 0.1) is 7.11 Å². The highest BCUT2D eigenvalue weighted by Gasteiger charge is 2.27. The maximum Gasteiger partial charge on any atom is 0.411 e. The van der Waals surface area contributed by atoms with Crippen LogP contribution in [0, 0.1) is 0 Å². The summed E-state index contributed by atoms with van der Waals surface area (Å²) >= 11 is 0. The third-order valence-electron chi connectivity index (χ3n) is 2.37. The molecule has 0 fully saturated rings. The molecule has 0 radical (unpaired) electrons. The van der Waals surface area contributed by atoms with E-state index in [1.54, 1.807) is 18.2 Å². The quantitative estimate of drug-likeness (QED) is 0.620. The Morgan fingerprint density at radius 1 is 1.30 bits per heavy atom. The normalized spacial score (nSPS) is 13.1. The molecule has 2 N–H and O–H groups in total. The van der Waals surface area contributed by atoms with Crippen molar-refractivity contribution in [3.8, 4) is 11.5 Å². The molecule has 0 aliphatic rings. The number of ether oxygens (including phenoxy) is 3. The fourth-order valence-corrected chi connectivity index (χ4v) is 1.59. The molecule has 0 saturated carbocycles. The van der Waals surface area contributed by atoms with E-state index in [0.29, 0.717) is 17.9 Å². The van der Waals surface area contributed by atoms with Gasteiger partial charge >= 0.3 is 6.18 Å². The zero-order chi connectivity index (χ0) is 15.2. The van der Waals surface area contributed by atoms with Crippen LogP contribution in [0.25, 0.3) is 0 Å². The van der Waals surface area contributed by atoms with Gasteiger partial charge in [0, 0.05) is 6.04 Å². The van der Waals surface area contributed by atoms with E-state index >= 15 is 0 Å². The third kappa shape index (κ3) is 6.12. The molecule has 1 rings (SSSR count). The average molecular weight is 293 g/mol. The highest BCUT2D eigenvalue weighted by atomic mass is 19.4. The average Bonchev–Trinajstić information content (AvgIpc) is 2.34. The van der Waals surface area contributed by atoms with Crippen LogP contribution in [0.5, 0.6) is 11.5 Å². The zero-order valence-corrected chi connectivity index (χ0v) is 11.4. The Labute approximate surface area is 115 Å². The molecule has 0 spiro atoms. The molecule has 20 heavy (non-hydrogen) atoms. The minimum atomic E-state index is -4.36. The van der Waals surface area contributed by atoms with Crippen LogP contribution in [0.4, 0.5) is 13.2 Å². The van der Waals surface area contributed by atoms with Crippen molar-refractivity contribution in [2.45, 2.75) is 25.6 Å². The molecular formula is C13H18F3NO3. The van der Waals surface area contributed by atoms with Gasteiger partial charge in [-0.25, -0.2) is 0 Å². The van der Waals surface area contributed by atoms with Gasteiger partial charge in [-0.2, -0.15) is 13.2 Å². The maximum absolute atomic E-state index is 11.9. The fourth-order valence-electron chi connectivity index (χ4n) is 1.59. The van der Waals surface area contributed by atoms with Crippen LogP contribution in [0.1, 0.15) is 12.5 Å². The van der Waals surface area contributed by atoms with E-state index in [9.17, 15) is 13.2 Å². The van der Waals surface area contributed by atoms with Gasteiger partial charge in [-0.15, -0.1) is 0 Å². The molecule has 114 valence electrons. The summed E-state index contributed by atoms with van der Waals surface area (Å²) in [6.07, 6.45) is -3.84. The third-order valence-corrected chi connectivity index (χ3v) is 2.37. The van der Waals surface area contributed by atoms with Gasteiger partial charge in [-0.1, -0.05) is 0 Å². The molecule has 1 aromatic rings. The lowest BCUT2D eigenvalue weighted by molar-refractivity contribution is -0.186. The fraction of sp³-hybridized carbons (Fsp3) is 0.538. The lowest BCUT2D eigenvalue weighted by Gasteiger charge is -2.15. The number of nitrogens with two attached hydrogens (primary N) is 1. The number of hydrogen-bond donors (Lipinski definition) is 1. The second-order valence-corrected chi connectivity index (χ2v) is 4.38. The Hall–Kier alpha value is -1.47. The number of hydrogen-bond acceptors (Lipinski definition) is 4. The lowest BCUT2D eigenvalue weighted by atomic mass is 10.1. The van der Waals surface area contributed by atoms with E-state index in [4.69, 9.17) is 15.2 Å². The minimum absolute atomic E-state index is 0.111. The van der Waals surface area contributed by atoms with Crippen LogP contribution < -0.4 is 15.2 Å². The zero-order valence-electron chi connectivity index (χ0n) is 11.4. The second kappa shape index (κ2) is 7.35.